The van der Waals surface area contributed by atoms with Gasteiger partial charge < -0.3 is 4.74 Å². The Bertz CT molecular complexity index is 727. The second-order valence-electron chi connectivity index (χ2n) is 8.32. The predicted molar refractivity (Wildman–Crippen MR) is 135 cm³/mol. The van der Waals surface area contributed by atoms with Crippen LogP contribution in [0, 0.1) is 20.8 Å². The number of allylic oxidation sites excluding steroid dienone is 7. The van der Waals surface area contributed by atoms with E-state index in [1.807, 2.05) is 57.2 Å². The highest BCUT2D eigenvalue weighted by Gasteiger charge is 2.08. The highest BCUT2D eigenvalue weighted by molar-refractivity contribution is 5.84. The number of aryl methyl sites for hydroxylation is 3. The fraction of sp³-hybridized carbons (Fsp3) is 0.483. The Morgan fingerprint density at radius 1 is 0.742 bits per heavy atom. The lowest BCUT2D eigenvalue weighted by molar-refractivity contribution is -0.129. The molecule has 1 aromatic rings. The van der Waals surface area contributed by atoms with Crippen LogP contribution in [0.25, 0.3) is 0 Å². The minimum Gasteiger partial charge on any atom is -0.423 e. The number of hydrogen-bond acceptors (Lipinski definition) is 2. The Labute approximate surface area is 190 Å². The number of benzene rings is 1. The van der Waals surface area contributed by atoms with E-state index in [4.69, 9.17) is 4.74 Å². The fourth-order valence-electron chi connectivity index (χ4n) is 3.60. The third-order valence-corrected chi connectivity index (χ3v) is 5.21. The summed E-state index contributed by atoms with van der Waals surface area (Å²) in [6.45, 7) is 8.22. The Kier molecular flexibility index (Phi) is 14.9. The Hall–Kier alpha value is -2.35. The van der Waals surface area contributed by atoms with Crippen molar-refractivity contribution in [2.75, 3.05) is 0 Å². The van der Waals surface area contributed by atoms with Crippen LogP contribution in [-0.2, 0) is 4.79 Å². The van der Waals surface area contributed by atoms with E-state index in [0.717, 1.165) is 17.5 Å². The summed E-state index contributed by atoms with van der Waals surface area (Å²) in [6.07, 6.45) is 28.7. The van der Waals surface area contributed by atoms with Crippen molar-refractivity contribution >= 4 is 5.97 Å². The Morgan fingerprint density at radius 3 is 1.87 bits per heavy atom. The Morgan fingerprint density at radius 2 is 1.26 bits per heavy atom. The molecule has 0 heterocycles. The third kappa shape index (κ3) is 13.5. The number of hydrogen-bond donors (Lipinski definition) is 0. The van der Waals surface area contributed by atoms with Crippen LogP contribution in [0.5, 0.6) is 5.75 Å². The van der Waals surface area contributed by atoms with Gasteiger partial charge in [0.1, 0.15) is 5.75 Å². The van der Waals surface area contributed by atoms with E-state index in [9.17, 15) is 4.79 Å². The molecule has 0 radical (unpaired) electrons. The maximum atomic E-state index is 12.0. The first kappa shape index (κ1) is 26.7. The van der Waals surface area contributed by atoms with Crippen molar-refractivity contribution in [3.8, 4) is 5.75 Å². The molecule has 0 amide bonds. The molecule has 0 N–H and O–H groups in total. The number of rotatable bonds is 15. The zero-order valence-electron chi connectivity index (χ0n) is 20.2. The molecule has 2 heteroatoms. The predicted octanol–water partition coefficient (Wildman–Crippen LogP) is 8.66. The molecule has 0 unspecified atom stereocenters. The lowest BCUT2D eigenvalue weighted by atomic mass is 10.1. The summed E-state index contributed by atoms with van der Waals surface area (Å²) in [5.41, 5.74) is 3.13. The quantitative estimate of drug-likeness (QED) is 0.0929. The summed E-state index contributed by atoms with van der Waals surface area (Å²) in [5.74, 6) is 0.297. The number of ether oxygens (including phenoxy) is 1. The molecule has 0 bridgehead atoms. The van der Waals surface area contributed by atoms with E-state index in [0.29, 0.717) is 5.75 Å². The second kappa shape index (κ2) is 17.3. The second-order valence-corrected chi connectivity index (χ2v) is 8.32. The summed E-state index contributed by atoms with van der Waals surface area (Å²) in [7, 11) is 0. The summed E-state index contributed by atoms with van der Waals surface area (Å²) in [4.78, 5) is 12.0. The van der Waals surface area contributed by atoms with Crippen molar-refractivity contribution in [3.05, 3.63) is 77.4 Å². The molecule has 0 fully saturated rings. The molecule has 0 saturated heterocycles. The number of carbonyl (C=O) groups excluding carboxylic acids is 1. The van der Waals surface area contributed by atoms with Crippen molar-refractivity contribution in [1.82, 2.24) is 0 Å². The third-order valence-electron chi connectivity index (χ3n) is 5.21. The molecule has 1 rings (SSSR count). The van der Waals surface area contributed by atoms with Crippen LogP contribution >= 0.6 is 0 Å². The maximum Gasteiger partial charge on any atom is 0.336 e. The Balaban J connectivity index is 2.14. The molecule has 170 valence electrons. The van der Waals surface area contributed by atoms with Crippen LogP contribution in [0.2, 0.25) is 0 Å². The van der Waals surface area contributed by atoms with E-state index < -0.39 is 0 Å². The van der Waals surface area contributed by atoms with Crippen LogP contribution in [0.1, 0.15) is 87.8 Å². The molecule has 0 aliphatic heterocycles. The summed E-state index contributed by atoms with van der Waals surface area (Å²) in [5, 5.41) is 0. The molecule has 0 aliphatic rings. The van der Waals surface area contributed by atoms with Gasteiger partial charge in [0, 0.05) is 6.08 Å². The summed E-state index contributed by atoms with van der Waals surface area (Å²) >= 11 is 0. The highest BCUT2D eigenvalue weighted by atomic mass is 16.5. The largest absolute Gasteiger partial charge is 0.423 e. The van der Waals surface area contributed by atoms with Gasteiger partial charge in [-0.25, -0.2) is 4.79 Å². The van der Waals surface area contributed by atoms with Gasteiger partial charge >= 0.3 is 5.97 Å². The van der Waals surface area contributed by atoms with Gasteiger partial charge in [0.25, 0.3) is 0 Å². The van der Waals surface area contributed by atoms with Crippen molar-refractivity contribution in [3.63, 3.8) is 0 Å². The topological polar surface area (TPSA) is 26.3 Å². The lowest BCUT2D eigenvalue weighted by Gasteiger charge is -2.10. The van der Waals surface area contributed by atoms with E-state index >= 15 is 0 Å². The molecule has 0 saturated carbocycles. The lowest BCUT2D eigenvalue weighted by Crippen LogP contribution is -2.06. The summed E-state index contributed by atoms with van der Waals surface area (Å²) < 4.78 is 5.47. The van der Waals surface area contributed by atoms with Crippen molar-refractivity contribution in [1.29, 1.82) is 0 Å². The van der Waals surface area contributed by atoms with Gasteiger partial charge in [0.15, 0.2) is 0 Å². The molecule has 0 spiro atoms. The number of esters is 1. The zero-order chi connectivity index (χ0) is 22.7. The standard InChI is InChI=1S/C29H42O2/c1-5-6-7-8-9-10-11-12-13-14-15-16-17-18-19-20-21-22-28(30)31-29-26(3)23-25(2)24-27(29)4/h15-24H,5-14H2,1-4H3/b16-15-,18-17+,20-19-,22-21+. The molecular weight excluding hydrogens is 380 g/mol. The van der Waals surface area contributed by atoms with Crippen molar-refractivity contribution in [2.45, 2.75) is 91.9 Å². The van der Waals surface area contributed by atoms with E-state index in [-0.39, 0.29) is 5.97 Å². The first-order valence-electron chi connectivity index (χ1n) is 12.0. The average Bonchev–Trinajstić information content (AvgIpc) is 2.73. The molecule has 2 nitrogen and oxygen atoms in total. The van der Waals surface area contributed by atoms with Crippen LogP contribution in [0.15, 0.2) is 60.7 Å². The molecule has 1 aromatic carbocycles. The van der Waals surface area contributed by atoms with E-state index in [2.05, 4.69) is 19.1 Å². The van der Waals surface area contributed by atoms with Gasteiger partial charge in [-0.2, -0.15) is 0 Å². The van der Waals surface area contributed by atoms with Crippen molar-refractivity contribution < 1.29 is 9.53 Å². The summed E-state index contributed by atoms with van der Waals surface area (Å²) in [6, 6.07) is 4.04. The molecule has 0 aliphatic carbocycles. The minimum absolute atomic E-state index is 0.357. The maximum absolute atomic E-state index is 12.0. The first-order valence-corrected chi connectivity index (χ1v) is 12.0. The van der Waals surface area contributed by atoms with Gasteiger partial charge in [-0.05, 0) is 44.7 Å². The van der Waals surface area contributed by atoms with Gasteiger partial charge in [0.05, 0.1) is 0 Å². The van der Waals surface area contributed by atoms with E-state index in [1.165, 1.54) is 69.4 Å². The van der Waals surface area contributed by atoms with Gasteiger partial charge in [-0.1, -0.05) is 119 Å². The molecule has 31 heavy (non-hydrogen) atoms. The van der Waals surface area contributed by atoms with Gasteiger partial charge in [-0.3, -0.25) is 0 Å². The van der Waals surface area contributed by atoms with E-state index in [1.54, 1.807) is 6.08 Å². The van der Waals surface area contributed by atoms with Crippen LogP contribution in [-0.4, -0.2) is 5.97 Å². The first-order chi connectivity index (χ1) is 15.0. The highest BCUT2D eigenvalue weighted by Crippen LogP contribution is 2.24. The van der Waals surface area contributed by atoms with Crippen LogP contribution < -0.4 is 4.74 Å². The number of unbranched alkanes of at least 4 members (excludes halogenated alkanes) is 9. The average molecular weight is 423 g/mol. The number of carbonyl (C=O) groups is 1. The minimum atomic E-state index is -0.357. The van der Waals surface area contributed by atoms with Gasteiger partial charge in [-0.15, -0.1) is 0 Å². The smallest absolute Gasteiger partial charge is 0.336 e. The molecule has 0 atom stereocenters. The molecule has 0 aromatic heterocycles. The van der Waals surface area contributed by atoms with Gasteiger partial charge in [0.2, 0.25) is 0 Å². The van der Waals surface area contributed by atoms with Crippen molar-refractivity contribution in [2.24, 2.45) is 0 Å². The van der Waals surface area contributed by atoms with Crippen LogP contribution in [0.3, 0.4) is 0 Å². The SMILES string of the molecule is CCCCCCCCCCC\C=C/C=C/C=C\C=C\C(=O)Oc1c(C)cc(C)cc1C. The molecular formula is C29H42O2. The van der Waals surface area contributed by atoms with Crippen LogP contribution in [0.4, 0.5) is 0 Å². The fourth-order valence-corrected chi connectivity index (χ4v) is 3.60. The zero-order valence-corrected chi connectivity index (χ0v) is 20.2. The normalized spacial score (nSPS) is 12.1. The monoisotopic (exact) mass is 422 g/mol.